The van der Waals surface area contributed by atoms with Gasteiger partial charge in [0.05, 0.1) is 0 Å². The highest BCUT2D eigenvalue weighted by atomic mass is 19.3. The van der Waals surface area contributed by atoms with E-state index in [9.17, 15) is 39.5 Å². The molecule has 0 aromatic heterocycles. The van der Waals surface area contributed by atoms with Gasteiger partial charge in [-0.25, -0.2) is 17.6 Å². The summed E-state index contributed by atoms with van der Waals surface area (Å²) in [4.78, 5) is 0. The summed E-state index contributed by atoms with van der Waals surface area (Å²) in [6, 6.07) is -0.856. The van der Waals surface area contributed by atoms with Crippen molar-refractivity contribution in [2.24, 2.45) is 17.8 Å². The molecule has 41 heavy (non-hydrogen) atoms. The van der Waals surface area contributed by atoms with Crippen LogP contribution in [-0.2, 0) is 6.11 Å². The predicted octanol–water partition coefficient (Wildman–Crippen LogP) is 10.4. The summed E-state index contributed by atoms with van der Waals surface area (Å²) in [6.07, 6.45) is 4.40. The van der Waals surface area contributed by atoms with E-state index in [2.05, 4.69) is 28.5 Å². The van der Waals surface area contributed by atoms with Gasteiger partial charge in [0.15, 0.2) is 11.6 Å². The smallest absolute Gasteiger partial charge is 0.429 e. The average Bonchev–Trinajstić information content (AvgIpc) is 2.89. The third kappa shape index (κ3) is 7.60. The Kier molecular flexibility index (Phi) is 9.64. The van der Waals surface area contributed by atoms with Crippen molar-refractivity contribution in [1.82, 2.24) is 0 Å². The SMILES string of the molecule is CC1CCC(C=CC2CCC(c3cc(F)c(C(F)(F)Oc4cc(F)c(OC(F)=C(F)F)c(F)c4)c(F)c3)CC2)CC1. The van der Waals surface area contributed by atoms with Crippen molar-refractivity contribution >= 4 is 0 Å². The van der Waals surface area contributed by atoms with Gasteiger partial charge in [0, 0.05) is 12.1 Å². The summed E-state index contributed by atoms with van der Waals surface area (Å²) >= 11 is 0. The first-order valence-corrected chi connectivity index (χ1v) is 13.5. The van der Waals surface area contributed by atoms with Crippen LogP contribution in [0, 0.1) is 41.0 Å². The zero-order chi connectivity index (χ0) is 29.9. The summed E-state index contributed by atoms with van der Waals surface area (Å²) < 4.78 is 132. The molecule has 2 fully saturated rings. The molecule has 0 unspecified atom stereocenters. The Morgan fingerprint density at radius 2 is 1.22 bits per heavy atom. The second-order valence-corrected chi connectivity index (χ2v) is 10.8. The van der Waals surface area contributed by atoms with E-state index in [-0.39, 0.29) is 23.6 Å². The van der Waals surface area contributed by atoms with Gasteiger partial charge in [0.2, 0.25) is 5.75 Å². The quantitative estimate of drug-likeness (QED) is 0.173. The first kappa shape index (κ1) is 30.8. The zero-order valence-corrected chi connectivity index (χ0v) is 22.1. The molecular weight excluding hydrogens is 563 g/mol. The fraction of sp³-hybridized carbons (Fsp3) is 0.467. The molecule has 0 heterocycles. The van der Waals surface area contributed by atoms with E-state index >= 15 is 0 Å². The molecule has 0 bridgehead atoms. The fourth-order valence-electron chi connectivity index (χ4n) is 5.56. The maximum absolute atomic E-state index is 14.8. The molecule has 0 aliphatic heterocycles. The minimum absolute atomic E-state index is 0.0710. The highest BCUT2D eigenvalue weighted by Crippen LogP contribution is 2.41. The monoisotopic (exact) mass is 592 g/mol. The van der Waals surface area contributed by atoms with Crippen molar-refractivity contribution < 1.29 is 49.0 Å². The Morgan fingerprint density at radius 1 is 0.732 bits per heavy atom. The van der Waals surface area contributed by atoms with Gasteiger partial charge in [-0.1, -0.05) is 31.9 Å². The van der Waals surface area contributed by atoms with Gasteiger partial charge in [0.1, 0.15) is 22.9 Å². The first-order chi connectivity index (χ1) is 19.3. The van der Waals surface area contributed by atoms with Crippen molar-refractivity contribution in [2.45, 2.75) is 70.3 Å². The van der Waals surface area contributed by atoms with Gasteiger partial charge >= 0.3 is 18.2 Å². The number of alkyl halides is 2. The third-order valence-corrected chi connectivity index (χ3v) is 7.87. The summed E-state index contributed by atoms with van der Waals surface area (Å²) in [5.74, 6) is -8.41. The van der Waals surface area contributed by atoms with Gasteiger partial charge in [-0.3, -0.25) is 0 Å². The number of hydrogen-bond donors (Lipinski definition) is 0. The van der Waals surface area contributed by atoms with Crippen LogP contribution < -0.4 is 9.47 Å². The van der Waals surface area contributed by atoms with E-state index < -0.39 is 58.5 Å². The van der Waals surface area contributed by atoms with Crippen molar-refractivity contribution in [1.29, 1.82) is 0 Å². The lowest BCUT2D eigenvalue weighted by atomic mass is 9.77. The molecule has 2 nitrogen and oxygen atoms in total. The molecular formula is C30H29F9O2. The van der Waals surface area contributed by atoms with E-state index in [1.54, 1.807) is 0 Å². The molecule has 11 heteroatoms. The Bertz CT molecular complexity index is 1240. The molecule has 224 valence electrons. The highest BCUT2D eigenvalue weighted by Gasteiger charge is 2.42. The van der Waals surface area contributed by atoms with Gasteiger partial charge < -0.3 is 9.47 Å². The predicted molar refractivity (Wildman–Crippen MR) is 133 cm³/mol. The summed E-state index contributed by atoms with van der Waals surface area (Å²) in [7, 11) is 0. The third-order valence-electron chi connectivity index (χ3n) is 7.87. The number of halogens is 9. The number of allylic oxidation sites excluding steroid dienone is 2. The topological polar surface area (TPSA) is 18.5 Å². The van der Waals surface area contributed by atoms with Crippen LogP contribution in [-0.4, -0.2) is 0 Å². The van der Waals surface area contributed by atoms with Gasteiger partial charge in [-0.15, -0.1) is 0 Å². The van der Waals surface area contributed by atoms with Crippen LogP contribution in [0.5, 0.6) is 11.5 Å². The lowest BCUT2D eigenvalue weighted by molar-refractivity contribution is -0.189. The zero-order valence-electron chi connectivity index (χ0n) is 22.1. The maximum Gasteiger partial charge on any atom is 0.432 e. The molecule has 2 aromatic rings. The molecule has 2 aliphatic rings. The van der Waals surface area contributed by atoms with Crippen LogP contribution in [0.2, 0.25) is 0 Å². The number of hydrogen-bond acceptors (Lipinski definition) is 2. The fourth-order valence-corrected chi connectivity index (χ4v) is 5.56. The summed E-state index contributed by atoms with van der Waals surface area (Å²) in [5, 5.41) is 0. The van der Waals surface area contributed by atoms with E-state index in [1.807, 2.05) is 0 Å². The largest absolute Gasteiger partial charge is 0.432 e. The number of rotatable bonds is 8. The molecule has 0 saturated heterocycles. The Balaban J connectivity index is 1.42. The second kappa shape index (κ2) is 12.8. The molecule has 2 aliphatic carbocycles. The minimum atomic E-state index is -4.72. The highest BCUT2D eigenvalue weighted by molar-refractivity contribution is 5.37. The average molecular weight is 593 g/mol. The minimum Gasteiger partial charge on any atom is -0.429 e. The van der Waals surface area contributed by atoms with E-state index in [1.165, 1.54) is 25.7 Å². The van der Waals surface area contributed by atoms with Crippen LogP contribution in [0.15, 0.2) is 48.5 Å². The molecule has 0 N–H and O–H groups in total. The van der Waals surface area contributed by atoms with Crippen LogP contribution in [0.3, 0.4) is 0 Å². The molecule has 2 aromatic carbocycles. The van der Waals surface area contributed by atoms with Crippen molar-refractivity contribution in [3.8, 4) is 11.5 Å². The molecule has 2 saturated carbocycles. The van der Waals surface area contributed by atoms with Crippen LogP contribution >= 0.6 is 0 Å². The normalized spacial score (nSPS) is 23.5. The second-order valence-electron chi connectivity index (χ2n) is 10.8. The summed E-state index contributed by atoms with van der Waals surface area (Å²) in [6.45, 7) is 2.26. The van der Waals surface area contributed by atoms with Crippen molar-refractivity contribution in [2.75, 3.05) is 0 Å². The van der Waals surface area contributed by atoms with Gasteiger partial charge in [0.25, 0.3) is 0 Å². The van der Waals surface area contributed by atoms with Gasteiger partial charge in [-0.05, 0) is 79.9 Å². The van der Waals surface area contributed by atoms with E-state index in [4.69, 9.17) is 0 Å². The van der Waals surface area contributed by atoms with Crippen molar-refractivity contribution in [3.63, 3.8) is 0 Å². The van der Waals surface area contributed by atoms with Crippen LogP contribution in [0.1, 0.15) is 75.3 Å². The summed E-state index contributed by atoms with van der Waals surface area (Å²) in [5.41, 5.74) is -1.55. The standard InChI is InChI=1S/C30H29F9O2/c1-16-2-4-17(5-3-16)6-7-18-8-10-19(11-9-18)20-12-22(31)26(23(32)13-20)30(38,39)41-21-14-24(33)27(25(34)15-21)40-29(37)28(35)36/h6-7,12-19H,2-5,8-11H2,1H3. The maximum atomic E-state index is 14.8. The molecule has 0 amide bonds. The van der Waals surface area contributed by atoms with E-state index in [0.717, 1.165) is 30.9 Å². The van der Waals surface area contributed by atoms with Crippen molar-refractivity contribution in [3.05, 3.63) is 82.9 Å². The Hall–Kier alpha value is -3.11. The number of ether oxygens (including phenoxy) is 2. The lowest BCUT2D eigenvalue weighted by Crippen LogP contribution is -2.26. The molecule has 0 radical (unpaired) electrons. The van der Waals surface area contributed by atoms with Gasteiger partial charge in [-0.2, -0.15) is 22.0 Å². The Morgan fingerprint density at radius 3 is 1.71 bits per heavy atom. The molecule has 4 rings (SSSR count). The Labute approximate surface area is 231 Å². The first-order valence-electron chi connectivity index (χ1n) is 13.5. The molecule has 0 spiro atoms. The van der Waals surface area contributed by atoms with Crippen LogP contribution in [0.4, 0.5) is 39.5 Å². The number of benzene rings is 2. The van der Waals surface area contributed by atoms with Crippen LogP contribution in [0.25, 0.3) is 0 Å². The molecule has 0 atom stereocenters. The van der Waals surface area contributed by atoms with E-state index in [0.29, 0.717) is 24.7 Å². The lowest BCUT2D eigenvalue weighted by Gasteiger charge is -2.29.